The second kappa shape index (κ2) is 5.28. The highest BCUT2D eigenvalue weighted by atomic mass is 35.5. The van der Waals surface area contributed by atoms with Gasteiger partial charge in [0.15, 0.2) is 5.82 Å². The Morgan fingerprint density at radius 3 is 2.65 bits per heavy atom. The molecule has 0 spiro atoms. The van der Waals surface area contributed by atoms with Crippen LogP contribution in [0.4, 0.5) is 19.0 Å². The molecule has 1 aromatic rings. The van der Waals surface area contributed by atoms with Crippen LogP contribution in [0.5, 0.6) is 0 Å². The largest absolute Gasteiger partial charge is 0.417 e. The van der Waals surface area contributed by atoms with Gasteiger partial charge in [0.25, 0.3) is 0 Å². The van der Waals surface area contributed by atoms with E-state index in [9.17, 15) is 18.0 Å². The van der Waals surface area contributed by atoms with Crippen LogP contribution in [0.25, 0.3) is 0 Å². The Labute approximate surface area is 118 Å². The number of aldehydes is 1. The Balaban J connectivity index is 2.31. The normalized spacial score (nSPS) is 15.8. The molecule has 0 aliphatic carbocycles. The Bertz CT molecular complexity index is 608. The Morgan fingerprint density at radius 1 is 1.45 bits per heavy atom. The SMILES string of the molecule is CC1=C(C=O)C=CN(c2ncc(C(F)(F)F)cc2Cl)C1. The van der Waals surface area contributed by atoms with Crippen LogP contribution in [0.3, 0.4) is 0 Å². The average Bonchev–Trinajstić information content (AvgIpc) is 2.37. The van der Waals surface area contributed by atoms with Gasteiger partial charge in [-0.2, -0.15) is 13.2 Å². The van der Waals surface area contributed by atoms with Gasteiger partial charge < -0.3 is 4.90 Å². The first-order valence-corrected chi connectivity index (χ1v) is 6.03. The fourth-order valence-corrected chi connectivity index (χ4v) is 2.07. The highest BCUT2D eigenvalue weighted by molar-refractivity contribution is 6.33. The zero-order chi connectivity index (χ0) is 14.9. The minimum atomic E-state index is -4.48. The van der Waals surface area contributed by atoms with Crippen LogP contribution in [0, 0.1) is 0 Å². The molecule has 1 aliphatic rings. The third kappa shape index (κ3) is 2.85. The summed E-state index contributed by atoms with van der Waals surface area (Å²) in [5.74, 6) is 0.222. The van der Waals surface area contributed by atoms with E-state index in [-0.39, 0.29) is 10.8 Å². The second-order valence-electron chi connectivity index (χ2n) is 4.32. The highest BCUT2D eigenvalue weighted by Gasteiger charge is 2.32. The lowest BCUT2D eigenvalue weighted by Crippen LogP contribution is -2.24. The molecule has 0 saturated heterocycles. The van der Waals surface area contributed by atoms with Crippen LogP contribution in [0.15, 0.2) is 35.7 Å². The van der Waals surface area contributed by atoms with E-state index >= 15 is 0 Å². The molecule has 0 amide bonds. The van der Waals surface area contributed by atoms with Gasteiger partial charge in [0, 0.05) is 24.5 Å². The monoisotopic (exact) mass is 302 g/mol. The molecule has 0 saturated carbocycles. The van der Waals surface area contributed by atoms with E-state index in [0.717, 1.165) is 24.1 Å². The van der Waals surface area contributed by atoms with E-state index in [1.54, 1.807) is 24.1 Å². The van der Waals surface area contributed by atoms with Gasteiger partial charge in [0.05, 0.1) is 10.6 Å². The lowest BCUT2D eigenvalue weighted by atomic mass is 10.1. The number of alkyl halides is 3. The smallest absolute Gasteiger partial charge is 0.328 e. The fraction of sp³-hybridized carbons (Fsp3) is 0.231. The Kier molecular flexibility index (Phi) is 3.85. The van der Waals surface area contributed by atoms with Gasteiger partial charge in [-0.15, -0.1) is 0 Å². The number of halogens is 4. The van der Waals surface area contributed by atoms with Crippen LogP contribution in [-0.2, 0) is 11.0 Å². The Morgan fingerprint density at radius 2 is 2.15 bits per heavy atom. The molecule has 0 fully saturated rings. The predicted molar refractivity (Wildman–Crippen MR) is 69.5 cm³/mol. The van der Waals surface area contributed by atoms with Crippen molar-refractivity contribution in [1.29, 1.82) is 0 Å². The molecule has 0 N–H and O–H groups in total. The number of hydrogen-bond donors (Lipinski definition) is 0. The maximum absolute atomic E-state index is 12.5. The van der Waals surface area contributed by atoms with Crippen LogP contribution < -0.4 is 4.90 Å². The third-order valence-corrected chi connectivity index (χ3v) is 3.16. The number of aromatic nitrogens is 1. The van der Waals surface area contributed by atoms with Crippen LogP contribution in [0.2, 0.25) is 5.02 Å². The highest BCUT2D eigenvalue weighted by Crippen LogP contribution is 2.34. The molecule has 0 atom stereocenters. The quantitative estimate of drug-likeness (QED) is 0.783. The molecular formula is C13H10ClF3N2O. The molecule has 0 radical (unpaired) electrons. The van der Waals surface area contributed by atoms with Crippen molar-refractivity contribution >= 4 is 23.7 Å². The lowest BCUT2D eigenvalue weighted by Gasteiger charge is -2.25. The third-order valence-electron chi connectivity index (χ3n) is 2.88. The summed E-state index contributed by atoms with van der Waals surface area (Å²) in [6.45, 7) is 2.11. The van der Waals surface area contributed by atoms with Gasteiger partial charge in [-0.3, -0.25) is 4.79 Å². The summed E-state index contributed by atoms with van der Waals surface area (Å²) < 4.78 is 37.6. The molecule has 0 bridgehead atoms. The first kappa shape index (κ1) is 14.6. The van der Waals surface area contributed by atoms with Crippen molar-refractivity contribution in [3.63, 3.8) is 0 Å². The van der Waals surface area contributed by atoms with Crippen molar-refractivity contribution in [2.45, 2.75) is 13.1 Å². The van der Waals surface area contributed by atoms with E-state index in [4.69, 9.17) is 11.6 Å². The number of nitrogens with zero attached hydrogens (tertiary/aromatic N) is 2. The topological polar surface area (TPSA) is 33.2 Å². The van der Waals surface area contributed by atoms with Crippen LogP contribution >= 0.6 is 11.6 Å². The summed E-state index contributed by atoms with van der Waals surface area (Å²) in [4.78, 5) is 16.1. The van der Waals surface area contributed by atoms with Crippen molar-refractivity contribution in [1.82, 2.24) is 4.98 Å². The zero-order valence-corrected chi connectivity index (χ0v) is 11.2. The van der Waals surface area contributed by atoms with E-state index in [1.165, 1.54) is 0 Å². The molecule has 7 heteroatoms. The first-order chi connectivity index (χ1) is 9.32. The number of rotatable bonds is 2. The fourth-order valence-electron chi connectivity index (χ4n) is 1.79. The van der Waals surface area contributed by atoms with Crippen LogP contribution in [-0.4, -0.2) is 17.8 Å². The number of anilines is 1. The van der Waals surface area contributed by atoms with Gasteiger partial charge in [0.1, 0.15) is 6.29 Å². The minimum Gasteiger partial charge on any atom is -0.328 e. The zero-order valence-electron chi connectivity index (χ0n) is 10.4. The summed E-state index contributed by atoms with van der Waals surface area (Å²) in [6.07, 6.45) is 0.126. The molecule has 106 valence electrons. The summed E-state index contributed by atoms with van der Waals surface area (Å²) in [5, 5.41) is -0.0909. The predicted octanol–water partition coefficient (Wildman–Crippen LogP) is 3.60. The standard InChI is InChI=1S/C13H10ClF3N2O/c1-8-6-19(3-2-9(8)7-20)12-11(14)4-10(5-18-12)13(15,16)17/h2-5,7H,6H2,1H3. The summed E-state index contributed by atoms with van der Waals surface area (Å²) in [5.41, 5.74) is 0.442. The maximum Gasteiger partial charge on any atom is 0.417 e. The van der Waals surface area contributed by atoms with E-state index in [0.29, 0.717) is 12.1 Å². The number of hydrogen-bond acceptors (Lipinski definition) is 3. The van der Waals surface area contributed by atoms with E-state index in [1.807, 2.05) is 0 Å². The summed E-state index contributed by atoms with van der Waals surface area (Å²) in [7, 11) is 0. The van der Waals surface area contributed by atoms with Gasteiger partial charge >= 0.3 is 6.18 Å². The maximum atomic E-state index is 12.5. The molecule has 0 unspecified atom stereocenters. The number of pyridine rings is 1. The Hall–Kier alpha value is -1.82. The van der Waals surface area contributed by atoms with Gasteiger partial charge in [-0.1, -0.05) is 11.6 Å². The summed E-state index contributed by atoms with van der Waals surface area (Å²) >= 11 is 5.86. The number of allylic oxidation sites excluding steroid dienone is 2. The second-order valence-corrected chi connectivity index (χ2v) is 4.73. The van der Waals surface area contributed by atoms with Crippen molar-refractivity contribution in [3.8, 4) is 0 Å². The lowest BCUT2D eigenvalue weighted by molar-refractivity contribution is -0.137. The minimum absolute atomic E-state index is 0.0909. The summed E-state index contributed by atoms with van der Waals surface area (Å²) in [6, 6.07) is 0.839. The number of carbonyl (C=O) groups is 1. The van der Waals surface area contributed by atoms with Gasteiger partial charge in [-0.05, 0) is 24.6 Å². The van der Waals surface area contributed by atoms with Crippen molar-refractivity contribution in [3.05, 3.63) is 46.3 Å². The molecular weight excluding hydrogens is 293 g/mol. The number of carbonyl (C=O) groups excluding carboxylic acids is 1. The van der Waals surface area contributed by atoms with Crippen molar-refractivity contribution in [2.24, 2.45) is 0 Å². The van der Waals surface area contributed by atoms with Gasteiger partial charge in [0.2, 0.25) is 0 Å². The van der Waals surface area contributed by atoms with Gasteiger partial charge in [-0.25, -0.2) is 4.98 Å². The van der Waals surface area contributed by atoms with Crippen molar-refractivity contribution < 1.29 is 18.0 Å². The molecule has 3 nitrogen and oxygen atoms in total. The average molecular weight is 303 g/mol. The van der Waals surface area contributed by atoms with Crippen molar-refractivity contribution in [2.75, 3.05) is 11.4 Å². The molecule has 2 rings (SSSR count). The van der Waals surface area contributed by atoms with E-state index < -0.39 is 11.7 Å². The van der Waals surface area contributed by atoms with E-state index in [2.05, 4.69) is 4.98 Å². The molecule has 20 heavy (non-hydrogen) atoms. The molecule has 1 aliphatic heterocycles. The first-order valence-electron chi connectivity index (χ1n) is 5.65. The van der Waals surface area contributed by atoms with Crippen LogP contribution in [0.1, 0.15) is 12.5 Å². The molecule has 2 heterocycles. The molecule has 1 aromatic heterocycles. The molecule has 0 aromatic carbocycles.